The SMILES string of the molecule is O=P(OCc1ccccc1)(OCc1ccccc1)O[C@H]1O[C@H](COCc2ccccc2)[C@@H](OCc2ccccc2)[C@H](OCc2ccccc2)[C@H]1OCc1ccccc1. The summed E-state index contributed by atoms with van der Waals surface area (Å²) < 4.78 is 67.0. The molecule has 0 aromatic heterocycles. The third-order valence-corrected chi connectivity index (χ3v) is 10.9. The van der Waals surface area contributed by atoms with Crippen molar-refractivity contribution in [3.63, 3.8) is 0 Å². The van der Waals surface area contributed by atoms with Crippen molar-refractivity contribution in [3.8, 4) is 0 Å². The van der Waals surface area contributed by atoms with Gasteiger partial charge < -0.3 is 23.7 Å². The van der Waals surface area contributed by atoms with Crippen LogP contribution >= 0.6 is 7.82 Å². The number of hydrogen-bond acceptors (Lipinski definition) is 9. The van der Waals surface area contributed by atoms with Gasteiger partial charge in [0.25, 0.3) is 0 Å². The van der Waals surface area contributed by atoms with Gasteiger partial charge in [0.15, 0.2) is 6.29 Å². The molecule has 1 fully saturated rings. The maximum atomic E-state index is 14.9. The lowest BCUT2D eigenvalue weighted by molar-refractivity contribution is -0.313. The molecule has 6 aromatic rings. The van der Waals surface area contributed by atoms with Crippen LogP contribution < -0.4 is 0 Å². The van der Waals surface area contributed by atoms with Crippen molar-refractivity contribution in [2.75, 3.05) is 6.61 Å². The molecule has 1 aliphatic heterocycles. The molecule has 7 rings (SSSR count). The minimum absolute atomic E-state index is 0.0322. The summed E-state index contributed by atoms with van der Waals surface area (Å²) in [5.74, 6) is 0. The molecule has 0 amide bonds. The van der Waals surface area contributed by atoms with Crippen molar-refractivity contribution in [2.45, 2.75) is 70.3 Å². The molecule has 1 aliphatic rings. The minimum Gasteiger partial charge on any atom is -0.374 e. The molecule has 300 valence electrons. The number of phosphoric ester groups is 1. The average Bonchev–Trinajstić information content (AvgIpc) is 3.28. The molecule has 1 heterocycles. The highest BCUT2D eigenvalue weighted by atomic mass is 31.2. The van der Waals surface area contributed by atoms with Gasteiger partial charge in [-0.15, -0.1) is 0 Å². The predicted octanol–water partition coefficient (Wildman–Crippen LogP) is 10.2. The highest BCUT2D eigenvalue weighted by Crippen LogP contribution is 2.54. The van der Waals surface area contributed by atoms with Gasteiger partial charge in [-0.1, -0.05) is 182 Å². The highest BCUT2D eigenvalue weighted by Gasteiger charge is 2.51. The van der Waals surface area contributed by atoms with Crippen molar-refractivity contribution in [1.29, 1.82) is 0 Å². The Morgan fingerprint density at radius 1 is 0.397 bits per heavy atom. The van der Waals surface area contributed by atoms with Gasteiger partial charge in [0.05, 0.1) is 46.2 Å². The van der Waals surface area contributed by atoms with Crippen molar-refractivity contribution < 1.29 is 41.8 Å². The molecule has 0 radical (unpaired) electrons. The first-order valence-corrected chi connectivity index (χ1v) is 21.0. The fourth-order valence-corrected chi connectivity index (χ4v) is 7.75. The molecule has 6 aromatic carbocycles. The topological polar surface area (TPSA) is 90.9 Å². The second kappa shape index (κ2) is 21.8. The first-order valence-electron chi connectivity index (χ1n) is 19.5. The van der Waals surface area contributed by atoms with Crippen LogP contribution in [0, 0.1) is 0 Å². The van der Waals surface area contributed by atoms with E-state index in [1.54, 1.807) is 0 Å². The van der Waals surface area contributed by atoms with Crippen molar-refractivity contribution in [1.82, 2.24) is 0 Å². The molecule has 0 aliphatic carbocycles. The van der Waals surface area contributed by atoms with Crippen molar-refractivity contribution >= 4 is 7.82 Å². The number of rotatable bonds is 21. The van der Waals surface area contributed by atoms with Gasteiger partial charge in [-0.2, -0.15) is 0 Å². The molecular weight excluding hydrogens is 751 g/mol. The maximum Gasteiger partial charge on any atom is 0.477 e. The van der Waals surface area contributed by atoms with Crippen LogP contribution in [0.25, 0.3) is 0 Å². The second-order valence-corrected chi connectivity index (χ2v) is 15.5. The van der Waals surface area contributed by atoms with Gasteiger partial charge in [-0.25, -0.2) is 4.57 Å². The Bertz CT molecular complexity index is 2030. The predicted molar refractivity (Wildman–Crippen MR) is 221 cm³/mol. The van der Waals surface area contributed by atoms with E-state index < -0.39 is 38.5 Å². The van der Waals surface area contributed by atoms with E-state index in [1.807, 2.05) is 182 Å². The molecule has 9 nitrogen and oxygen atoms in total. The molecule has 58 heavy (non-hydrogen) atoms. The van der Waals surface area contributed by atoms with Gasteiger partial charge in [0.1, 0.15) is 24.4 Å². The number of hydrogen-bond donors (Lipinski definition) is 0. The van der Waals surface area contributed by atoms with E-state index in [1.165, 1.54) is 0 Å². The zero-order valence-electron chi connectivity index (χ0n) is 32.3. The molecule has 0 bridgehead atoms. The summed E-state index contributed by atoms with van der Waals surface area (Å²) in [6.07, 6.45) is -4.54. The molecule has 0 saturated carbocycles. The van der Waals surface area contributed by atoms with Crippen LogP contribution in [-0.4, -0.2) is 37.3 Å². The molecule has 0 spiro atoms. The third kappa shape index (κ3) is 12.6. The van der Waals surface area contributed by atoms with E-state index in [-0.39, 0.29) is 39.6 Å². The van der Waals surface area contributed by atoms with E-state index in [0.29, 0.717) is 6.61 Å². The molecule has 10 heteroatoms. The van der Waals surface area contributed by atoms with Crippen LogP contribution in [0.1, 0.15) is 33.4 Å². The zero-order chi connectivity index (χ0) is 39.7. The van der Waals surface area contributed by atoms with Gasteiger partial charge in [-0.05, 0) is 33.4 Å². The third-order valence-electron chi connectivity index (χ3n) is 9.54. The summed E-state index contributed by atoms with van der Waals surface area (Å²) in [5, 5.41) is 0. The first kappa shape index (κ1) is 41.4. The minimum atomic E-state index is -4.38. The summed E-state index contributed by atoms with van der Waals surface area (Å²) in [6, 6.07) is 58.4. The Labute approximate surface area is 341 Å². The smallest absolute Gasteiger partial charge is 0.374 e. The Hall–Kier alpha value is -4.77. The van der Waals surface area contributed by atoms with Gasteiger partial charge in [-0.3, -0.25) is 13.6 Å². The molecule has 0 N–H and O–H groups in total. The first-order chi connectivity index (χ1) is 28.6. The summed E-state index contributed by atoms with van der Waals surface area (Å²) in [6.45, 7) is 1.06. The fraction of sp³-hybridized carbons (Fsp3) is 0.250. The van der Waals surface area contributed by atoms with Gasteiger partial charge in [0.2, 0.25) is 0 Å². The molecule has 1 saturated heterocycles. The van der Waals surface area contributed by atoms with E-state index in [0.717, 1.165) is 33.4 Å². The van der Waals surface area contributed by atoms with Crippen LogP contribution in [0.15, 0.2) is 182 Å². The van der Waals surface area contributed by atoms with Crippen molar-refractivity contribution in [3.05, 3.63) is 215 Å². The largest absolute Gasteiger partial charge is 0.477 e. The normalized spacial score (nSPS) is 19.5. The van der Waals surface area contributed by atoms with Crippen molar-refractivity contribution in [2.24, 2.45) is 0 Å². The summed E-state index contributed by atoms with van der Waals surface area (Å²) >= 11 is 0. The monoisotopic (exact) mass is 800 g/mol. The summed E-state index contributed by atoms with van der Waals surface area (Å²) in [7, 11) is -4.38. The quantitative estimate of drug-likeness (QED) is 0.0660. The van der Waals surface area contributed by atoms with Crippen LogP contribution in [0.2, 0.25) is 0 Å². The van der Waals surface area contributed by atoms with E-state index in [2.05, 4.69) is 0 Å². The number of ether oxygens (including phenoxy) is 5. The molecule has 0 unspecified atom stereocenters. The van der Waals surface area contributed by atoms with Crippen LogP contribution in [0.4, 0.5) is 0 Å². The van der Waals surface area contributed by atoms with E-state index in [4.69, 9.17) is 37.3 Å². The lowest BCUT2D eigenvalue weighted by Crippen LogP contribution is -2.61. The molecular formula is C48H49O9P. The Morgan fingerprint density at radius 2 is 0.724 bits per heavy atom. The van der Waals surface area contributed by atoms with Crippen LogP contribution in [0.3, 0.4) is 0 Å². The summed E-state index contributed by atoms with van der Waals surface area (Å²) in [5.41, 5.74) is 5.43. The number of benzene rings is 6. The van der Waals surface area contributed by atoms with E-state index in [9.17, 15) is 4.57 Å². The van der Waals surface area contributed by atoms with Gasteiger partial charge >= 0.3 is 7.82 Å². The average molecular weight is 801 g/mol. The van der Waals surface area contributed by atoms with Crippen LogP contribution in [0.5, 0.6) is 0 Å². The van der Waals surface area contributed by atoms with Gasteiger partial charge in [0, 0.05) is 0 Å². The van der Waals surface area contributed by atoms with Crippen LogP contribution in [-0.2, 0) is 81.5 Å². The standard InChI is InChI=1S/C48H49O9P/c49-58(54-35-42-27-15-5-16-28-42,55-36-43-29-17-6-18-30-43)57-48-47(53-34-41-25-13-4-14-26-41)46(52-33-40-23-11-3-12-24-40)45(51-32-39-21-9-2-10-22-39)44(56-48)37-50-31-38-19-7-1-8-20-38/h1-30,44-48H,31-37H2/t44-,45-,46+,47-,48-/m1/s1. The highest BCUT2D eigenvalue weighted by molar-refractivity contribution is 7.48. The fourth-order valence-electron chi connectivity index (χ4n) is 6.51. The lowest BCUT2D eigenvalue weighted by Gasteiger charge is -2.46. The molecule has 5 atom stereocenters. The van der Waals surface area contributed by atoms with E-state index >= 15 is 0 Å². The zero-order valence-corrected chi connectivity index (χ0v) is 33.2. The second-order valence-electron chi connectivity index (χ2n) is 13.9. The Kier molecular flexibility index (Phi) is 15.6. The maximum absolute atomic E-state index is 14.9. The Morgan fingerprint density at radius 3 is 1.12 bits per heavy atom. The Balaban J connectivity index is 1.23. The summed E-state index contributed by atoms with van der Waals surface area (Å²) in [4.78, 5) is 0. The number of phosphoric acid groups is 1. The lowest BCUT2D eigenvalue weighted by atomic mass is 9.98.